The van der Waals surface area contributed by atoms with Gasteiger partial charge in [0.2, 0.25) is 6.79 Å². The van der Waals surface area contributed by atoms with E-state index in [0.717, 1.165) is 27.1 Å². The number of fused-ring (bicyclic) bond motifs is 6. The van der Waals surface area contributed by atoms with Crippen molar-refractivity contribution >= 4 is 49.3 Å². The zero-order valence-corrected chi connectivity index (χ0v) is 15.8. The maximum Gasteiger partial charge on any atom is 0.253 e. The lowest BCUT2D eigenvalue weighted by Crippen LogP contribution is -1.97. The first-order valence-electron chi connectivity index (χ1n) is 8.51. The number of rotatable bonds is 3. The van der Waals surface area contributed by atoms with Crippen molar-refractivity contribution in [3.05, 3.63) is 42.1 Å². The van der Waals surface area contributed by atoms with Crippen molar-refractivity contribution in [1.29, 1.82) is 0 Å². The van der Waals surface area contributed by atoms with Gasteiger partial charge in [-0.05, 0) is 52.0 Å². The average Bonchev–Trinajstić information content (AvgIpc) is 3.17. The summed E-state index contributed by atoms with van der Waals surface area (Å²) < 4.78 is 21.8. The van der Waals surface area contributed by atoms with Crippen LogP contribution in [0.2, 0.25) is 0 Å². The molecule has 0 spiro atoms. The van der Waals surface area contributed by atoms with Crippen LogP contribution in [-0.2, 0) is 0 Å². The van der Waals surface area contributed by atoms with Gasteiger partial charge in [0, 0.05) is 28.6 Å². The Bertz CT molecular complexity index is 1300. The van der Waals surface area contributed by atoms with E-state index in [1.807, 2.05) is 18.2 Å². The van der Waals surface area contributed by atoms with Gasteiger partial charge in [0.1, 0.15) is 0 Å². The monoisotopic (exact) mass is 395 g/mol. The minimum Gasteiger partial charge on any atom is -0.493 e. The molecule has 0 N–H and O–H groups in total. The summed E-state index contributed by atoms with van der Waals surface area (Å²) in [5.74, 6) is 2.38. The molecule has 28 heavy (non-hydrogen) atoms. The number of carbonyl (C=O) groups is 1. The predicted octanol–water partition coefficient (Wildman–Crippen LogP) is 4.67. The molecule has 6 nitrogen and oxygen atoms in total. The van der Waals surface area contributed by atoms with Gasteiger partial charge in [-0.3, -0.25) is 9.78 Å². The Morgan fingerprint density at radius 3 is 2.21 bits per heavy atom. The third kappa shape index (κ3) is 2.34. The van der Waals surface area contributed by atoms with Crippen LogP contribution in [0.5, 0.6) is 23.0 Å². The van der Waals surface area contributed by atoms with Crippen LogP contribution >= 0.6 is 11.6 Å². The van der Waals surface area contributed by atoms with Gasteiger partial charge < -0.3 is 18.9 Å². The highest BCUT2D eigenvalue weighted by molar-refractivity contribution is 6.69. The van der Waals surface area contributed by atoms with Gasteiger partial charge in [-0.15, -0.1) is 0 Å². The normalized spacial score (nSPS) is 12.7. The quantitative estimate of drug-likeness (QED) is 0.371. The molecule has 5 rings (SSSR count). The second-order valence-corrected chi connectivity index (χ2v) is 6.74. The topological polar surface area (TPSA) is 66.9 Å². The highest BCUT2D eigenvalue weighted by Crippen LogP contribution is 2.42. The molecule has 0 atom stereocenters. The standard InChI is InChI=1S/C21H14ClNO5/c1-25-17-4-11-12(5-18(17)26-2)15-8-23-16-7-20-19(27-9-28-20)6-13(16)10(15)3-14(11)21(22)24/h3-8H,9H2,1-2H3. The molecule has 4 aromatic rings. The summed E-state index contributed by atoms with van der Waals surface area (Å²) in [4.78, 5) is 16.8. The third-order valence-corrected chi connectivity index (χ3v) is 5.21. The summed E-state index contributed by atoms with van der Waals surface area (Å²) in [7, 11) is 3.11. The zero-order chi connectivity index (χ0) is 19.4. The maximum absolute atomic E-state index is 12.2. The lowest BCUT2D eigenvalue weighted by atomic mass is 9.95. The van der Waals surface area contributed by atoms with Gasteiger partial charge in [-0.2, -0.15) is 0 Å². The van der Waals surface area contributed by atoms with Gasteiger partial charge in [-0.25, -0.2) is 0 Å². The minimum absolute atomic E-state index is 0.176. The molecule has 1 aromatic heterocycles. The van der Waals surface area contributed by atoms with Gasteiger partial charge in [0.25, 0.3) is 5.24 Å². The summed E-state index contributed by atoms with van der Waals surface area (Å²) in [6, 6.07) is 9.08. The molecule has 0 amide bonds. The summed E-state index contributed by atoms with van der Waals surface area (Å²) in [5, 5.41) is 3.47. The Balaban J connectivity index is 1.96. The largest absolute Gasteiger partial charge is 0.493 e. The Labute approximate surface area is 164 Å². The summed E-state index contributed by atoms with van der Waals surface area (Å²) in [6.07, 6.45) is 1.77. The molecule has 0 bridgehead atoms. The van der Waals surface area contributed by atoms with Crippen LogP contribution in [0, 0.1) is 0 Å². The molecule has 7 heteroatoms. The fraction of sp³-hybridized carbons (Fsp3) is 0.143. The van der Waals surface area contributed by atoms with Crippen molar-refractivity contribution in [2.45, 2.75) is 0 Å². The smallest absolute Gasteiger partial charge is 0.253 e. The van der Waals surface area contributed by atoms with Crippen LogP contribution in [0.1, 0.15) is 10.4 Å². The van der Waals surface area contributed by atoms with Crippen molar-refractivity contribution in [3.8, 4) is 23.0 Å². The van der Waals surface area contributed by atoms with Crippen molar-refractivity contribution in [2.75, 3.05) is 21.0 Å². The highest BCUT2D eigenvalue weighted by atomic mass is 35.5. The average molecular weight is 396 g/mol. The van der Waals surface area contributed by atoms with E-state index >= 15 is 0 Å². The number of nitrogens with zero attached hydrogens (tertiary/aromatic N) is 1. The number of methoxy groups -OCH3 is 2. The highest BCUT2D eigenvalue weighted by Gasteiger charge is 2.20. The Morgan fingerprint density at radius 1 is 0.893 bits per heavy atom. The molecule has 2 heterocycles. The van der Waals surface area contributed by atoms with Crippen LogP contribution < -0.4 is 18.9 Å². The van der Waals surface area contributed by atoms with E-state index in [1.54, 1.807) is 32.5 Å². The second-order valence-electron chi connectivity index (χ2n) is 6.39. The number of carbonyl (C=O) groups excluding carboxylic acids is 1. The van der Waals surface area contributed by atoms with E-state index in [-0.39, 0.29) is 6.79 Å². The van der Waals surface area contributed by atoms with Crippen LogP contribution in [0.3, 0.4) is 0 Å². The van der Waals surface area contributed by atoms with Crippen molar-refractivity contribution in [3.63, 3.8) is 0 Å². The van der Waals surface area contributed by atoms with E-state index in [2.05, 4.69) is 4.98 Å². The Hall–Kier alpha value is -3.25. The SMILES string of the molecule is COc1cc2c(C(=O)Cl)cc3c4cc5c(cc4ncc3c2cc1OC)OCO5. The molecule has 1 aliphatic heterocycles. The van der Waals surface area contributed by atoms with Crippen molar-refractivity contribution in [2.24, 2.45) is 0 Å². The van der Waals surface area contributed by atoms with Crippen LogP contribution in [0.4, 0.5) is 0 Å². The fourth-order valence-electron chi connectivity index (χ4n) is 3.68. The van der Waals surface area contributed by atoms with E-state index in [1.165, 1.54) is 0 Å². The number of benzene rings is 3. The molecular formula is C21H14ClNO5. The molecule has 0 unspecified atom stereocenters. The van der Waals surface area contributed by atoms with E-state index in [0.29, 0.717) is 33.9 Å². The molecule has 0 radical (unpaired) electrons. The minimum atomic E-state index is -0.551. The summed E-state index contributed by atoms with van der Waals surface area (Å²) in [5.41, 5.74) is 1.12. The fourth-order valence-corrected chi connectivity index (χ4v) is 3.84. The Kier molecular flexibility index (Phi) is 3.70. The molecule has 0 aliphatic carbocycles. The zero-order valence-electron chi connectivity index (χ0n) is 15.0. The predicted molar refractivity (Wildman–Crippen MR) is 106 cm³/mol. The van der Waals surface area contributed by atoms with Gasteiger partial charge in [-0.1, -0.05) is 0 Å². The first-order valence-corrected chi connectivity index (χ1v) is 8.89. The van der Waals surface area contributed by atoms with E-state index in [9.17, 15) is 4.79 Å². The first-order chi connectivity index (χ1) is 13.6. The van der Waals surface area contributed by atoms with Gasteiger partial charge in [0.15, 0.2) is 23.0 Å². The number of hydrogen-bond donors (Lipinski definition) is 0. The molecule has 0 fully saturated rings. The summed E-state index contributed by atoms with van der Waals surface area (Å²) in [6.45, 7) is 0.176. The molecule has 0 saturated carbocycles. The third-order valence-electron chi connectivity index (χ3n) is 5.01. The summed E-state index contributed by atoms with van der Waals surface area (Å²) >= 11 is 5.93. The van der Waals surface area contributed by atoms with Gasteiger partial charge >= 0.3 is 0 Å². The lowest BCUT2D eigenvalue weighted by Gasteiger charge is -2.14. The van der Waals surface area contributed by atoms with E-state index in [4.69, 9.17) is 30.5 Å². The Morgan fingerprint density at radius 2 is 1.54 bits per heavy atom. The number of hydrogen-bond acceptors (Lipinski definition) is 6. The molecule has 0 saturated heterocycles. The van der Waals surface area contributed by atoms with Crippen molar-refractivity contribution in [1.82, 2.24) is 4.98 Å². The van der Waals surface area contributed by atoms with Gasteiger partial charge in [0.05, 0.1) is 19.7 Å². The number of pyridine rings is 1. The van der Waals surface area contributed by atoms with Crippen LogP contribution in [0.15, 0.2) is 36.5 Å². The first kappa shape index (κ1) is 16.9. The van der Waals surface area contributed by atoms with Crippen LogP contribution in [0.25, 0.3) is 32.4 Å². The second kappa shape index (κ2) is 6.14. The number of ether oxygens (including phenoxy) is 4. The molecule has 3 aromatic carbocycles. The van der Waals surface area contributed by atoms with E-state index < -0.39 is 5.24 Å². The maximum atomic E-state index is 12.2. The lowest BCUT2D eigenvalue weighted by molar-refractivity contribution is 0.108. The van der Waals surface area contributed by atoms with Crippen molar-refractivity contribution < 1.29 is 23.7 Å². The van der Waals surface area contributed by atoms with Crippen LogP contribution in [-0.4, -0.2) is 31.2 Å². The molecule has 1 aliphatic rings. The molecule has 140 valence electrons. The number of halogens is 1. The number of aromatic nitrogens is 1. The molecular weight excluding hydrogens is 382 g/mol.